The van der Waals surface area contributed by atoms with E-state index in [-0.39, 0.29) is 18.5 Å². The predicted molar refractivity (Wildman–Crippen MR) is 77.1 cm³/mol. The summed E-state index contributed by atoms with van der Waals surface area (Å²) in [5, 5.41) is 7.38. The topological polar surface area (TPSA) is 60.2 Å². The lowest BCUT2D eigenvalue weighted by molar-refractivity contribution is 0.103. The lowest BCUT2D eigenvalue weighted by atomic mass is 10.1. The molecule has 0 amide bonds. The van der Waals surface area contributed by atoms with Crippen LogP contribution in [0.1, 0.15) is 30.3 Å². The highest BCUT2D eigenvalue weighted by atomic mass is 35.5. The van der Waals surface area contributed by atoms with Crippen LogP contribution in [0.25, 0.3) is 11.5 Å². The maximum Gasteiger partial charge on any atom is 0.258 e. The van der Waals surface area contributed by atoms with E-state index in [9.17, 15) is 0 Å². The number of fused-ring (bicyclic) bond motifs is 1. The number of aromatic nitrogens is 2. The Morgan fingerprint density at radius 2 is 2.25 bits per heavy atom. The number of hydrogen-bond acceptors (Lipinski definition) is 5. The molecule has 2 aliphatic rings. The number of halogens is 1. The summed E-state index contributed by atoms with van der Waals surface area (Å²) in [6.07, 6.45) is 3.11. The van der Waals surface area contributed by atoms with Gasteiger partial charge in [-0.2, -0.15) is 4.98 Å². The number of rotatable bonds is 2. The summed E-state index contributed by atoms with van der Waals surface area (Å²) in [4.78, 5) is 4.46. The van der Waals surface area contributed by atoms with Crippen molar-refractivity contribution in [2.75, 3.05) is 18.5 Å². The third-order valence-electron chi connectivity index (χ3n) is 3.72. The van der Waals surface area contributed by atoms with E-state index in [1.54, 1.807) is 0 Å². The Labute approximate surface area is 123 Å². The first-order chi connectivity index (χ1) is 9.40. The molecule has 1 unspecified atom stereocenters. The molecule has 106 valence electrons. The van der Waals surface area contributed by atoms with Crippen LogP contribution in [0.4, 0.5) is 5.69 Å². The van der Waals surface area contributed by atoms with Crippen LogP contribution < -0.4 is 5.32 Å². The Morgan fingerprint density at radius 3 is 3.10 bits per heavy atom. The number of nitrogens with zero attached hydrogens (tertiary/aromatic N) is 2. The van der Waals surface area contributed by atoms with Crippen molar-refractivity contribution in [1.82, 2.24) is 10.1 Å². The average Bonchev–Trinajstić information content (AvgIpc) is 3.18. The summed E-state index contributed by atoms with van der Waals surface area (Å²) in [6, 6.07) is 6.22. The van der Waals surface area contributed by atoms with Crippen LogP contribution in [0, 0.1) is 0 Å². The number of hydrogen-bond donors (Lipinski definition) is 1. The molecule has 2 aliphatic heterocycles. The van der Waals surface area contributed by atoms with E-state index in [1.165, 1.54) is 11.3 Å². The molecule has 20 heavy (non-hydrogen) atoms. The lowest BCUT2D eigenvalue weighted by Crippen LogP contribution is -1.97. The summed E-state index contributed by atoms with van der Waals surface area (Å²) in [5.74, 6) is 1.26. The van der Waals surface area contributed by atoms with E-state index in [1.807, 2.05) is 6.07 Å². The molecule has 1 aromatic heterocycles. The van der Waals surface area contributed by atoms with Crippen LogP contribution in [0.3, 0.4) is 0 Å². The van der Waals surface area contributed by atoms with E-state index in [2.05, 4.69) is 27.6 Å². The Bertz CT molecular complexity index is 608. The maximum absolute atomic E-state index is 5.57. The molecule has 0 radical (unpaired) electrons. The summed E-state index contributed by atoms with van der Waals surface area (Å²) in [7, 11) is 0. The molecular weight excluding hydrogens is 278 g/mol. The molecule has 1 fully saturated rings. The second-order valence-electron chi connectivity index (χ2n) is 5.01. The van der Waals surface area contributed by atoms with Crippen molar-refractivity contribution in [2.45, 2.75) is 25.4 Å². The number of nitrogens with one attached hydrogen (secondary N) is 1. The zero-order valence-corrected chi connectivity index (χ0v) is 11.8. The molecule has 1 atom stereocenters. The van der Waals surface area contributed by atoms with Crippen LogP contribution in [-0.2, 0) is 11.2 Å². The molecule has 6 heteroatoms. The average molecular weight is 294 g/mol. The molecule has 0 aliphatic carbocycles. The normalized spacial score (nSPS) is 20.3. The second kappa shape index (κ2) is 5.42. The van der Waals surface area contributed by atoms with Crippen LogP contribution in [0.15, 0.2) is 22.7 Å². The van der Waals surface area contributed by atoms with Gasteiger partial charge in [0.25, 0.3) is 5.89 Å². The van der Waals surface area contributed by atoms with E-state index in [0.29, 0.717) is 11.7 Å². The molecule has 1 aromatic carbocycles. The van der Waals surface area contributed by atoms with Gasteiger partial charge in [-0.25, -0.2) is 0 Å². The standard InChI is InChI=1S/C14H15N3O2.ClH/c1-2-12(18-7-1)13-16-14(19-17-13)10-3-4-11-9(8-10)5-6-15-11;/h3-4,8,12,15H,1-2,5-7H2;1H. The Balaban J connectivity index is 0.00000121. The van der Waals surface area contributed by atoms with Crippen molar-refractivity contribution in [2.24, 2.45) is 0 Å². The van der Waals surface area contributed by atoms with Gasteiger partial charge in [-0.15, -0.1) is 12.4 Å². The quantitative estimate of drug-likeness (QED) is 0.922. The zero-order chi connectivity index (χ0) is 12.7. The van der Waals surface area contributed by atoms with Gasteiger partial charge in [0.2, 0.25) is 5.82 Å². The van der Waals surface area contributed by atoms with Gasteiger partial charge in [0.05, 0.1) is 0 Å². The fraction of sp³-hybridized carbons (Fsp3) is 0.429. The van der Waals surface area contributed by atoms with Crippen LogP contribution >= 0.6 is 12.4 Å². The molecule has 5 nitrogen and oxygen atoms in total. The lowest BCUT2D eigenvalue weighted by Gasteiger charge is -2.01. The Kier molecular flexibility index (Phi) is 3.63. The molecule has 0 spiro atoms. The van der Waals surface area contributed by atoms with Crippen LogP contribution in [-0.4, -0.2) is 23.3 Å². The maximum atomic E-state index is 5.57. The summed E-state index contributed by atoms with van der Waals surface area (Å²) < 4.78 is 10.9. The molecule has 1 N–H and O–H groups in total. The number of ether oxygens (including phenoxy) is 1. The van der Waals surface area contributed by atoms with Crippen molar-refractivity contribution in [1.29, 1.82) is 0 Å². The highest BCUT2D eigenvalue weighted by molar-refractivity contribution is 5.85. The highest BCUT2D eigenvalue weighted by Gasteiger charge is 2.23. The highest BCUT2D eigenvalue weighted by Crippen LogP contribution is 2.30. The first-order valence-electron chi connectivity index (χ1n) is 6.72. The van der Waals surface area contributed by atoms with Crippen molar-refractivity contribution in [3.8, 4) is 11.5 Å². The van der Waals surface area contributed by atoms with Crippen molar-refractivity contribution < 1.29 is 9.26 Å². The van der Waals surface area contributed by atoms with E-state index < -0.39 is 0 Å². The van der Waals surface area contributed by atoms with E-state index >= 15 is 0 Å². The minimum atomic E-state index is 0. The molecule has 2 aromatic rings. The fourth-order valence-corrected chi connectivity index (χ4v) is 2.70. The molecule has 4 rings (SSSR count). The third-order valence-corrected chi connectivity index (χ3v) is 3.72. The number of anilines is 1. The first-order valence-corrected chi connectivity index (χ1v) is 6.72. The van der Waals surface area contributed by atoms with Crippen molar-refractivity contribution in [3.05, 3.63) is 29.6 Å². The third kappa shape index (κ3) is 2.27. The number of benzene rings is 1. The van der Waals surface area contributed by atoms with E-state index in [0.717, 1.165) is 38.0 Å². The minimum absolute atomic E-state index is 0. The van der Waals surface area contributed by atoms with E-state index in [4.69, 9.17) is 9.26 Å². The molecule has 1 saturated heterocycles. The predicted octanol–water partition coefficient (Wildman–Crippen LogP) is 2.98. The smallest absolute Gasteiger partial charge is 0.258 e. The largest absolute Gasteiger partial charge is 0.384 e. The molecular formula is C14H16ClN3O2. The van der Waals surface area contributed by atoms with Gasteiger partial charge in [-0.1, -0.05) is 5.16 Å². The van der Waals surface area contributed by atoms with Crippen molar-refractivity contribution in [3.63, 3.8) is 0 Å². The Hall–Kier alpha value is -1.59. The summed E-state index contributed by atoms with van der Waals surface area (Å²) in [6.45, 7) is 1.79. The fourth-order valence-electron chi connectivity index (χ4n) is 2.70. The van der Waals surface area contributed by atoms with Crippen molar-refractivity contribution >= 4 is 18.1 Å². The van der Waals surface area contributed by atoms with Gasteiger partial charge in [0.1, 0.15) is 6.10 Å². The van der Waals surface area contributed by atoms with Crippen LogP contribution in [0.2, 0.25) is 0 Å². The first kappa shape index (κ1) is 13.4. The summed E-state index contributed by atoms with van der Waals surface area (Å²) >= 11 is 0. The molecule has 3 heterocycles. The minimum Gasteiger partial charge on any atom is -0.384 e. The van der Waals surface area contributed by atoms with Gasteiger partial charge in [-0.3, -0.25) is 0 Å². The molecule has 0 bridgehead atoms. The molecule has 0 saturated carbocycles. The Morgan fingerprint density at radius 1 is 1.30 bits per heavy atom. The summed E-state index contributed by atoms with van der Waals surface area (Å²) in [5.41, 5.74) is 3.51. The van der Waals surface area contributed by atoms with Gasteiger partial charge in [0, 0.05) is 24.4 Å². The van der Waals surface area contributed by atoms with Gasteiger partial charge >= 0.3 is 0 Å². The zero-order valence-electron chi connectivity index (χ0n) is 11.0. The SMILES string of the molecule is Cl.c1cc2c(cc1-c1nc(C3CCCO3)no1)CCN2. The van der Waals surface area contributed by atoms with Gasteiger partial charge in [0.15, 0.2) is 0 Å². The second-order valence-corrected chi connectivity index (χ2v) is 5.01. The van der Waals surface area contributed by atoms with Gasteiger partial charge < -0.3 is 14.6 Å². The van der Waals surface area contributed by atoms with Crippen LogP contribution in [0.5, 0.6) is 0 Å². The van der Waals surface area contributed by atoms with Gasteiger partial charge in [-0.05, 0) is 43.0 Å². The monoisotopic (exact) mass is 293 g/mol.